The number of carbonyl (C=O) groups excluding carboxylic acids is 2. The molecular weight excluding hydrogens is 400 g/mol. The van der Waals surface area contributed by atoms with E-state index in [1.807, 2.05) is 40.7 Å². The van der Waals surface area contributed by atoms with Crippen molar-refractivity contribution in [3.63, 3.8) is 0 Å². The number of rotatable bonds is 6. The lowest BCUT2D eigenvalue weighted by atomic mass is 9.81. The molecular formula is C27H42N2O3. The van der Waals surface area contributed by atoms with Gasteiger partial charge in [0.05, 0.1) is 0 Å². The quantitative estimate of drug-likeness (QED) is 0.611. The Morgan fingerprint density at radius 2 is 1.66 bits per heavy atom. The average molecular weight is 443 g/mol. The number of nitrogens with zero attached hydrogens (tertiary/aromatic N) is 1. The fraction of sp³-hybridized carbons (Fsp3) is 0.704. The minimum absolute atomic E-state index is 0.0461. The molecule has 1 aliphatic heterocycles. The number of alkyl carbamates (subject to hydrolysis) is 1. The molecule has 1 fully saturated rings. The number of hydrogen-bond donors (Lipinski definition) is 1. The minimum Gasteiger partial charge on any atom is -0.444 e. The molecule has 1 aromatic carbocycles. The summed E-state index contributed by atoms with van der Waals surface area (Å²) in [6.45, 7) is 13.7. The van der Waals surface area contributed by atoms with E-state index in [1.54, 1.807) is 0 Å². The third-order valence-corrected chi connectivity index (χ3v) is 6.83. The maximum atomic E-state index is 12.4. The molecule has 1 aliphatic carbocycles. The Kier molecular flexibility index (Phi) is 8.37. The van der Waals surface area contributed by atoms with Crippen molar-refractivity contribution in [1.29, 1.82) is 0 Å². The van der Waals surface area contributed by atoms with Gasteiger partial charge in [0.25, 0.3) is 0 Å². The van der Waals surface area contributed by atoms with Crippen LogP contribution in [0.4, 0.5) is 4.79 Å². The van der Waals surface area contributed by atoms with Crippen LogP contribution in [-0.2, 0) is 17.6 Å². The van der Waals surface area contributed by atoms with Crippen LogP contribution in [0.25, 0.3) is 0 Å². The number of benzene rings is 1. The number of amides is 1. The van der Waals surface area contributed by atoms with E-state index in [0.29, 0.717) is 5.92 Å². The smallest absolute Gasteiger partial charge is 0.407 e. The highest BCUT2D eigenvalue weighted by Gasteiger charge is 2.25. The van der Waals surface area contributed by atoms with Crippen LogP contribution in [0.3, 0.4) is 0 Å². The van der Waals surface area contributed by atoms with E-state index >= 15 is 0 Å². The molecule has 5 heteroatoms. The molecule has 1 amide bonds. The van der Waals surface area contributed by atoms with E-state index in [1.165, 1.54) is 36.8 Å². The van der Waals surface area contributed by atoms with Gasteiger partial charge >= 0.3 is 6.09 Å². The van der Waals surface area contributed by atoms with E-state index in [4.69, 9.17) is 4.74 Å². The highest BCUT2D eigenvalue weighted by atomic mass is 16.6. The number of nitrogens with one attached hydrogen (secondary N) is 1. The summed E-state index contributed by atoms with van der Waals surface area (Å²) in [5.41, 5.74) is 3.19. The van der Waals surface area contributed by atoms with Crippen LogP contribution in [-0.4, -0.2) is 48.6 Å². The summed E-state index contributed by atoms with van der Waals surface area (Å²) >= 11 is 0. The summed E-state index contributed by atoms with van der Waals surface area (Å²) in [6.07, 6.45) is 6.62. The second-order valence-corrected chi connectivity index (χ2v) is 11.1. The maximum absolute atomic E-state index is 12.4. The Morgan fingerprint density at radius 3 is 2.28 bits per heavy atom. The maximum Gasteiger partial charge on any atom is 0.407 e. The van der Waals surface area contributed by atoms with Gasteiger partial charge in [0.1, 0.15) is 5.60 Å². The van der Waals surface area contributed by atoms with Gasteiger partial charge in [-0.15, -0.1) is 0 Å². The van der Waals surface area contributed by atoms with Crippen LogP contribution in [0, 0.1) is 17.8 Å². The van der Waals surface area contributed by atoms with E-state index in [-0.39, 0.29) is 17.8 Å². The predicted molar refractivity (Wildman–Crippen MR) is 129 cm³/mol. The van der Waals surface area contributed by atoms with Crippen molar-refractivity contribution in [3.8, 4) is 0 Å². The van der Waals surface area contributed by atoms with Gasteiger partial charge in [-0.05, 0) is 88.3 Å². The summed E-state index contributed by atoms with van der Waals surface area (Å²) in [5.74, 6) is 1.59. The molecule has 0 bridgehead atoms. The summed E-state index contributed by atoms with van der Waals surface area (Å²) in [7, 11) is 0. The Labute approximate surface area is 194 Å². The standard InChI is InChI=1S/C27H42N2O3/c1-19(2)25(30)24-11-10-22-12-14-29(15-13-23(22)16-24)18-21-8-6-20(7-9-21)17-28-26(31)32-27(3,4)5/h10-11,16,19-21H,6-9,12-15,17-18H2,1-5H3,(H,28,31). The van der Waals surface area contributed by atoms with Crippen molar-refractivity contribution in [1.82, 2.24) is 10.2 Å². The van der Waals surface area contributed by atoms with Crippen molar-refractivity contribution in [2.45, 2.75) is 78.7 Å². The van der Waals surface area contributed by atoms with Crippen LogP contribution in [0.15, 0.2) is 18.2 Å². The van der Waals surface area contributed by atoms with Gasteiger partial charge in [-0.2, -0.15) is 0 Å². The molecule has 0 saturated heterocycles. The number of fused-ring (bicyclic) bond motifs is 1. The highest BCUT2D eigenvalue weighted by molar-refractivity contribution is 5.97. The molecule has 1 aromatic rings. The Balaban J connectivity index is 1.42. The zero-order valence-electron chi connectivity index (χ0n) is 20.7. The van der Waals surface area contributed by atoms with Crippen molar-refractivity contribution >= 4 is 11.9 Å². The second kappa shape index (κ2) is 10.8. The monoisotopic (exact) mass is 442 g/mol. The molecule has 1 N–H and O–H groups in total. The lowest BCUT2D eigenvalue weighted by Gasteiger charge is -2.32. The largest absolute Gasteiger partial charge is 0.444 e. The van der Waals surface area contributed by atoms with E-state index in [2.05, 4.69) is 22.3 Å². The molecule has 0 aromatic heterocycles. The topological polar surface area (TPSA) is 58.6 Å². The molecule has 0 unspecified atom stereocenters. The van der Waals surface area contributed by atoms with E-state index in [0.717, 1.165) is 50.5 Å². The molecule has 178 valence electrons. The normalized spacial score (nSPS) is 22.2. The molecule has 1 heterocycles. The molecule has 3 rings (SSSR count). The van der Waals surface area contributed by atoms with Gasteiger partial charge in [0.2, 0.25) is 0 Å². The van der Waals surface area contributed by atoms with E-state index < -0.39 is 5.60 Å². The first-order valence-electron chi connectivity index (χ1n) is 12.5. The lowest BCUT2D eigenvalue weighted by Crippen LogP contribution is -2.37. The second-order valence-electron chi connectivity index (χ2n) is 11.1. The van der Waals surface area contributed by atoms with Gasteiger partial charge in [-0.25, -0.2) is 4.79 Å². The molecule has 1 saturated carbocycles. The molecule has 0 radical (unpaired) electrons. The van der Waals surface area contributed by atoms with Crippen LogP contribution in [0.1, 0.15) is 81.8 Å². The van der Waals surface area contributed by atoms with Crippen molar-refractivity contribution in [2.24, 2.45) is 17.8 Å². The van der Waals surface area contributed by atoms with Crippen molar-refractivity contribution < 1.29 is 14.3 Å². The van der Waals surface area contributed by atoms with Gasteiger partial charge in [-0.3, -0.25) is 4.79 Å². The fourth-order valence-electron chi connectivity index (χ4n) is 4.97. The molecule has 5 nitrogen and oxygen atoms in total. The first-order chi connectivity index (χ1) is 15.1. The zero-order chi connectivity index (χ0) is 23.3. The van der Waals surface area contributed by atoms with Gasteiger partial charge < -0.3 is 15.0 Å². The SMILES string of the molecule is CC(C)C(=O)c1ccc2c(c1)CCN(CC1CCC(CNC(=O)OC(C)(C)C)CC1)CC2. The number of Topliss-reactive ketones (excluding diaryl/α,β-unsaturated/α-hetero) is 1. The number of ketones is 1. The van der Waals surface area contributed by atoms with Gasteiger partial charge in [0, 0.05) is 37.7 Å². The summed E-state index contributed by atoms with van der Waals surface area (Å²) in [4.78, 5) is 26.9. The van der Waals surface area contributed by atoms with Gasteiger partial charge in [0.15, 0.2) is 5.78 Å². The molecule has 32 heavy (non-hydrogen) atoms. The van der Waals surface area contributed by atoms with Crippen molar-refractivity contribution in [3.05, 3.63) is 34.9 Å². The summed E-state index contributed by atoms with van der Waals surface area (Å²) in [6, 6.07) is 6.34. The predicted octanol–water partition coefficient (Wildman–Crippen LogP) is 5.26. The first kappa shape index (κ1) is 24.8. The molecule has 0 atom stereocenters. The first-order valence-corrected chi connectivity index (χ1v) is 12.5. The number of ether oxygens (including phenoxy) is 1. The van der Waals surface area contributed by atoms with Crippen molar-refractivity contribution in [2.75, 3.05) is 26.2 Å². The number of hydrogen-bond acceptors (Lipinski definition) is 4. The zero-order valence-corrected chi connectivity index (χ0v) is 20.7. The van der Waals surface area contributed by atoms with Crippen LogP contribution in [0.2, 0.25) is 0 Å². The summed E-state index contributed by atoms with van der Waals surface area (Å²) < 4.78 is 5.35. The highest BCUT2D eigenvalue weighted by Crippen LogP contribution is 2.30. The van der Waals surface area contributed by atoms with Gasteiger partial charge in [-0.1, -0.05) is 26.0 Å². The fourth-order valence-corrected chi connectivity index (χ4v) is 4.97. The number of carbonyl (C=O) groups is 2. The molecule has 2 aliphatic rings. The average Bonchev–Trinajstić information content (AvgIpc) is 2.93. The Bertz CT molecular complexity index is 789. The third kappa shape index (κ3) is 7.33. The van der Waals surface area contributed by atoms with Crippen LogP contribution >= 0.6 is 0 Å². The van der Waals surface area contributed by atoms with Crippen LogP contribution < -0.4 is 5.32 Å². The molecule has 0 spiro atoms. The lowest BCUT2D eigenvalue weighted by molar-refractivity contribution is 0.0512. The minimum atomic E-state index is -0.444. The third-order valence-electron chi connectivity index (χ3n) is 6.83. The Hall–Kier alpha value is -1.88. The van der Waals surface area contributed by atoms with E-state index in [9.17, 15) is 9.59 Å². The summed E-state index contributed by atoms with van der Waals surface area (Å²) in [5, 5.41) is 2.95. The Morgan fingerprint density at radius 1 is 1.03 bits per heavy atom. The van der Waals surface area contributed by atoms with Crippen LogP contribution in [0.5, 0.6) is 0 Å².